The van der Waals surface area contributed by atoms with Crippen LogP contribution in [0.5, 0.6) is 0 Å². The summed E-state index contributed by atoms with van der Waals surface area (Å²) in [5.74, 6) is -2.28. The van der Waals surface area contributed by atoms with Crippen LogP contribution in [0.15, 0.2) is 107 Å². The summed E-state index contributed by atoms with van der Waals surface area (Å²) in [7, 11) is -12.1. The largest absolute Gasteiger partial charge is 1.00 e. The van der Waals surface area contributed by atoms with Gasteiger partial charge in [0.05, 0.1) is 25.3 Å². The van der Waals surface area contributed by atoms with Crippen molar-refractivity contribution in [2.75, 3.05) is 43.1 Å². The molecule has 1 saturated heterocycles. The molecule has 4 aromatic rings. The van der Waals surface area contributed by atoms with Crippen LogP contribution in [0.1, 0.15) is 77.3 Å². The van der Waals surface area contributed by atoms with Crippen molar-refractivity contribution in [1.82, 2.24) is 9.37 Å². The van der Waals surface area contributed by atoms with Crippen molar-refractivity contribution in [3.63, 3.8) is 0 Å². The van der Waals surface area contributed by atoms with Gasteiger partial charge in [-0.3, -0.25) is 14.6 Å². The first-order chi connectivity index (χ1) is 33.4. The standard InChI is InChI=1S/C48H54N4O15S4.2Na/c1-47(2)40(50(28-12-30-68-67-66-56)36-24-22-33-35(46(36)47)15-10-17-39(33)71(62,63)64)18-7-6-8-19-41-48(3,4)45-34-14-9-16-38(32(34)21-23-37(45)51(41)29-13-31-69(57,58)59)70(60,61)49(5)27-11-20-44(55)65-52-42(53)25-26-43(52)54;;/h6-10,14-19,21-24H,11-13,20,25-31H2,1-5H3,(H2-,56,57,58,59,62,63,64);;/q;2*+1/p-2. The summed E-state index contributed by atoms with van der Waals surface area (Å²) < 4.78 is 108. The number of carbonyl (C=O) groups is 3. The van der Waals surface area contributed by atoms with E-state index in [0.717, 1.165) is 44.6 Å². The number of nitrogens with zero attached hydrogens (tertiary/aromatic N) is 4. The van der Waals surface area contributed by atoms with Crippen molar-refractivity contribution >= 4 is 98.7 Å². The SMILES string of the molecule is CN(CCCC(=O)ON1C(=O)CCC1=O)S(=O)(=O)c1cccc2c3c(ccc12)N(CCCS(=O)(=O)[O-])C(=CC=CC=CC1=[N+](CCCSOO[O-])c2ccc4c(S(=O)(=O)[O-])cccc4c2C1(C)C)C3(C)C.[Na+].[Na+]. The minimum atomic E-state index is -4.79. The van der Waals surface area contributed by atoms with Crippen LogP contribution in [-0.2, 0) is 69.7 Å². The number of fused-ring (bicyclic) bond motifs is 6. The van der Waals surface area contributed by atoms with Crippen LogP contribution in [0.2, 0.25) is 0 Å². The van der Waals surface area contributed by atoms with Gasteiger partial charge in [-0.25, -0.2) is 34.4 Å². The molecular weight excluding hydrogens is 1050 g/mol. The van der Waals surface area contributed by atoms with Crippen LogP contribution in [-0.4, -0.2) is 110 Å². The van der Waals surface area contributed by atoms with Gasteiger partial charge in [0.25, 0.3) is 11.8 Å². The molecule has 3 heterocycles. The number of hydrogen-bond donors (Lipinski definition) is 0. The van der Waals surface area contributed by atoms with Crippen LogP contribution in [0.4, 0.5) is 11.4 Å². The topological polar surface area (TPSA) is 263 Å². The van der Waals surface area contributed by atoms with Gasteiger partial charge in [-0.2, -0.15) is 8.91 Å². The van der Waals surface area contributed by atoms with Crippen LogP contribution in [0, 0.1) is 0 Å². The first kappa shape index (κ1) is 60.5. The third-order valence-electron chi connectivity index (χ3n) is 12.9. The number of hydrogen-bond acceptors (Lipinski definition) is 17. The molecule has 3 aliphatic rings. The van der Waals surface area contributed by atoms with Gasteiger partial charge < -0.3 is 24.1 Å². The molecule has 0 spiro atoms. The van der Waals surface area contributed by atoms with Gasteiger partial charge in [-0.15, -0.1) is 5.06 Å². The maximum absolute atomic E-state index is 14.2. The second kappa shape index (κ2) is 24.3. The third kappa shape index (κ3) is 12.9. The summed E-state index contributed by atoms with van der Waals surface area (Å²) in [6.45, 7) is 8.47. The van der Waals surface area contributed by atoms with Crippen LogP contribution in [0.25, 0.3) is 21.5 Å². The zero-order valence-electron chi connectivity index (χ0n) is 41.5. The molecule has 2 amide bonds. The molecule has 25 heteroatoms. The van der Waals surface area contributed by atoms with E-state index < -0.39 is 64.6 Å². The molecule has 3 aliphatic heterocycles. The number of benzene rings is 4. The quantitative estimate of drug-likeness (QED) is 0.0115. The van der Waals surface area contributed by atoms with Crippen molar-refractivity contribution in [2.45, 2.75) is 86.8 Å². The van der Waals surface area contributed by atoms with Crippen LogP contribution < -0.4 is 69.3 Å². The second-order valence-corrected chi connectivity index (χ2v) is 23.9. The van der Waals surface area contributed by atoms with Crippen molar-refractivity contribution < 1.29 is 132 Å². The Bertz CT molecular complexity index is 3270. The van der Waals surface area contributed by atoms with Crippen molar-refractivity contribution in [2.24, 2.45) is 0 Å². The monoisotopic (exact) mass is 1100 g/mol. The summed E-state index contributed by atoms with van der Waals surface area (Å²) in [5.41, 5.74) is 3.18. The first-order valence-corrected chi connectivity index (χ1v) is 27.9. The van der Waals surface area contributed by atoms with Gasteiger partial charge in [-0.05, 0) is 78.8 Å². The first-order valence-electron chi connectivity index (χ1n) is 22.5. The summed E-state index contributed by atoms with van der Waals surface area (Å²) >= 11 is 0.860. The fraction of sp³-hybridized carbons (Fsp3) is 0.375. The second-order valence-electron chi connectivity index (χ2n) is 18.2. The number of anilines is 1. The van der Waals surface area contributed by atoms with Gasteiger partial charge in [-0.1, -0.05) is 62.4 Å². The van der Waals surface area contributed by atoms with Crippen LogP contribution >= 0.6 is 12.0 Å². The fourth-order valence-electron chi connectivity index (χ4n) is 9.74. The van der Waals surface area contributed by atoms with E-state index in [2.05, 4.69) is 13.9 Å². The van der Waals surface area contributed by atoms with Crippen LogP contribution in [0.3, 0.4) is 0 Å². The molecule has 7 rings (SSSR count). The molecule has 0 aliphatic carbocycles. The molecule has 4 aromatic carbocycles. The van der Waals surface area contributed by atoms with Gasteiger partial charge in [0.15, 0.2) is 5.71 Å². The molecule has 0 N–H and O–H groups in total. The Hall–Kier alpha value is -3.34. The summed E-state index contributed by atoms with van der Waals surface area (Å²) in [5, 5.41) is 16.3. The molecule has 0 saturated carbocycles. The minimum Gasteiger partial charge on any atom is -0.748 e. The zero-order chi connectivity index (χ0) is 51.7. The van der Waals surface area contributed by atoms with Gasteiger partial charge in [0.1, 0.15) is 16.7 Å². The molecule has 0 aromatic heterocycles. The van der Waals surface area contributed by atoms with Gasteiger partial charge >= 0.3 is 65.1 Å². The molecule has 73 heavy (non-hydrogen) atoms. The molecule has 1 fully saturated rings. The Labute approximate surface area is 473 Å². The summed E-state index contributed by atoms with van der Waals surface area (Å²) in [6, 6.07) is 16.4. The summed E-state index contributed by atoms with van der Waals surface area (Å²) in [6.07, 6.45) is 9.52. The van der Waals surface area contributed by atoms with E-state index in [-0.39, 0.29) is 114 Å². The van der Waals surface area contributed by atoms with E-state index in [1.807, 2.05) is 69.0 Å². The number of sulfonamides is 1. The Morgan fingerprint density at radius 3 is 2.07 bits per heavy atom. The third-order valence-corrected chi connectivity index (χ3v) is 17.1. The van der Waals surface area contributed by atoms with E-state index >= 15 is 0 Å². The Kier molecular flexibility index (Phi) is 20.2. The number of allylic oxidation sites excluding steroid dienone is 6. The van der Waals surface area contributed by atoms with E-state index in [1.54, 1.807) is 42.5 Å². The smallest absolute Gasteiger partial charge is 0.748 e. The Balaban J connectivity index is 0.00000494. The normalized spacial score (nSPS) is 17.1. The molecule has 0 atom stereocenters. The van der Waals surface area contributed by atoms with Crippen molar-refractivity contribution in [3.05, 3.63) is 108 Å². The molecule has 0 unspecified atom stereocenters. The summed E-state index contributed by atoms with van der Waals surface area (Å²) in [4.78, 5) is 42.7. The average molecular weight is 1100 g/mol. The Morgan fingerprint density at radius 2 is 1.42 bits per heavy atom. The number of imide groups is 1. The molecular formula is C48H52N4Na2O15S4. The number of amides is 2. The van der Waals surface area contributed by atoms with Crippen molar-refractivity contribution in [3.8, 4) is 0 Å². The maximum atomic E-state index is 14.2. The molecule has 19 nitrogen and oxygen atoms in total. The number of hydroxylamine groups is 2. The molecule has 0 radical (unpaired) electrons. The van der Waals surface area contributed by atoms with E-state index in [4.69, 9.17) is 4.84 Å². The van der Waals surface area contributed by atoms with E-state index in [1.165, 1.54) is 19.2 Å². The van der Waals surface area contributed by atoms with Crippen molar-refractivity contribution in [1.29, 1.82) is 0 Å². The average Bonchev–Trinajstić information content (AvgIpc) is 3.82. The predicted molar refractivity (Wildman–Crippen MR) is 260 cm³/mol. The van der Waals surface area contributed by atoms with Gasteiger partial charge in [0, 0.05) is 109 Å². The molecule has 380 valence electrons. The number of rotatable bonds is 21. The Morgan fingerprint density at radius 1 is 0.795 bits per heavy atom. The molecule has 0 bridgehead atoms. The predicted octanol–water partition coefficient (Wildman–Crippen LogP) is -0.720. The number of carbonyl (C=O) groups excluding carboxylic acids is 3. The maximum Gasteiger partial charge on any atom is 1.00 e. The van der Waals surface area contributed by atoms with E-state index in [0.29, 0.717) is 51.0 Å². The van der Waals surface area contributed by atoms with Gasteiger partial charge in [0.2, 0.25) is 15.7 Å². The fourth-order valence-corrected chi connectivity index (χ4v) is 12.7. The van der Waals surface area contributed by atoms with E-state index in [9.17, 15) is 54.0 Å². The zero-order valence-corrected chi connectivity index (χ0v) is 48.7. The minimum absolute atomic E-state index is 0.